The van der Waals surface area contributed by atoms with Crippen LogP contribution in [0.1, 0.15) is 36.0 Å². The molecule has 0 aliphatic heterocycles. The van der Waals surface area contributed by atoms with E-state index >= 15 is 0 Å². The van der Waals surface area contributed by atoms with Crippen LogP contribution >= 0.6 is 11.8 Å². The fraction of sp³-hybridized carbons (Fsp3) is 0.500. The minimum atomic E-state index is -0.181. The zero-order chi connectivity index (χ0) is 13.0. The third kappa shape index (κ3) is 3.50. The molecule has 1 aromatic rings. The molecule has 4 heteroatoms. The minimum absolute atomic E-state index is 0.0101. The Hall–Kier alpha value is -1.00. The van der Waals surface area contributed by atoms with Crippen molar-refractivity contribution in [1.29, 1.82) is 0 Å². The van der Waals surface area contributed by atoms with Gasteiger partial charge in [-0.2, -0.15) is 0 Å². The molecule has 0 heterocycles. The zero-order valence-electron chi connectivity index (χ0n) is 10.6. The van der Waals surface area contributed by atoms with Crippen LogP contribution in [0.4, 0.5) is 0 Å². The minimum Gasteiger partial charge on any atom is -0.393 e. The van der Waals surface area contributed by atoms with Crippen LogP contribution in [0.15, 0.2) is 29.2 Å². The quantitative estimate of drug-likeness (QED) is 0.825. The summed E-state index contributed by atoms with van der Waals surface area (Å²) in [4.78, 5) is 13.2. The average molecular weight is 265 g/mol. The third-order valence-electron chi connectivity index (χ3n) is 3.38. The van der Waals surface area contributed by atoms with Gasteiger partial charge >= 0.3 is 0 Å². The van der Waals surface area contributed by atoms with Gasteiger partial charge < -0.3 is 10.4 Å². The van der Waals surface area contributed by atoms with Gasteiger partial charge in [0.25, 0.3) is 5.91 Å². The van der Waals surface area contributed by atoms with Crippen LogP contribution in [0.25, 0.3) is 0 Å². The summed E-state index contributed by atoms with van der Waals surface area (Å²) in [5.41, 5.74) is 0.707. The van der Waals surface area contributed by atoms with Crippen LogP contribution < -0.4 is 5.32 Å². The first-order valence-electron chi connectivity index (χ1n) is 6.32. The lowest BCUT2D eigenvalue weighted by molar-refractivity contribution is 0.0867. The summed E-state index contributed by atoms with van der Waals surface area (Å²) in [6.07, 6.45) is 5.15. The third-order valence-corrected chi connectivity index (χ3v) is 4.13. The van der Waals surface area contributed by atoms with Crippen LogP contribution in [0.5, 0.6) is 0 Å². The highest BCUT2D eigenvalue weighted by atomic mass is 32.2. The molecular formula is C14H19NO2S. The molecule has 2 N–H and O–H groups in total. The number of thioether (sulfide) groups is 1. The Labute approximate surface area is 112 Å². The van der Waals surface area contributed by atoms with Crippen molar-refractivity contribution in [3.8, 4) is 0 Å². The van der Waals surface area contributed by atoms with Gasteiger partial charge in [-0.05, 0) is 56.2 Å². The topological polar surface area (TPSA) is 49.3 Å². The van der Waals surface area contributed by atoms with Crippen LogP contribution in [0.3, 0.4) is 0 Å². The first-order valence-corrected chi connectivity index (χ1v) is 7.54. The Morgan fingerprint density at radius 1 is 1.22 bits per heavy atom. The van der Waals surface area contributed by atoms with E-state index < -0.39 is 0 Å². The highest BCUT2D eigenvalue weighted by Gasteiger charge is 2.21. The number of hydrogen-bond acceptors (Lipinski definition) is 3. The van der Waals surface area contributed by atoms with E-state index in [4.69, 9.17) is 0 Å². The maximum atomic E-state index is 12.0. The summed E-state index contributed by atoms with van der Waals surface area (Å²) in [6, 6.07) is 7.85. The van der Waals surface area contributed by atoms with Gasteiger partial charge in [-0.3, -0.25) is 4.79 Å². The van der Waals surface area contributed by atoms with Crippen molar-refractivity contribution >= 4 is 17.7 Å². The largest absolute Gasteiger partial charge is 0.393 e. The standard InChI is InChI=1S/C14H19NO2S/c1-18-13-8-2-10(3-9-13)14(17)15-11-4-6-12(16)7-5-11/h2-3,8-9,11-12,16H,4-7H2,1H3,(H,15,17). The Morgan fingerprint density at radius 2 is 1.83 bits per heavy atom. The summed E-state index contributed by atoms with van der Waals surface area (Å²) in [7, 11) is 0. The van der Waals surface area contributed by atoms with E-state index in [1.807, 2.05) is 30.5 Å². The van der Waals surface area contributed by atoms with E-state index in [9.17, 15) is 9.90 Å². The fourth-order valence-corrected chi connectivity index (χ4v) is 2.64. The molecule has 0 radical (unpaired) electrons. The Morgan fingerprint density at radius 3 is 2.39 bits per heavy atom. The summed E-state index contributed by atoms with van der Waals surface area (Å²) < 4.78 is 0. The van der Waals surface area contributed by atoms with Gasteiger partial charge in [-0.25, -0.2) is 0 Å². The molecular weight excluding hydrogens is 246 g/mol. The second-order valence-corrected chi connectivity index (χ2v) is 5.59. The van der Waals surface area contributed by atoms with Crippen molar-refractivity contribution < 1.29 is 9.90 Å². The van der Waals surface area contributed by atoms with Crippen molar-refractivity contribution in [1.82, 2.24) is 5.32 Å². The summed E-state index contributed by atoms with van der Waals surface area (Å²) in [5.74, 6) is -0.0101. The molecule has 2 rings (SSSR count). The van der Waals surface area contributed by atoms with Crippen molar-refractivity contribution in [2.45, 2.75) is 42.7 Å². The Bertz CT molecular complexity index is 397. The number of carbonyl (C=O) groups is 1. The van der Waals surface area contributed by atoms with Gasteiger partial charge in [-0.15, -0.1) is 11.8 Å². The first-order chi connectivity index (χ1) is 8.69. The van der Waals surface area contributed by atoms with E-state index in [1.165, 1.54) is 0 Å². The molecule has 1 aliphatic carbocycles. The number of nitrogens with one attached hydrogen (secondary N) is 1. The van der Waals surface area contributed by atoms with Gasteiger partial charge in [0, 0.05) is 16.5 Å². The van der Waals surface area contributed by atoms with Gasteiger partial charge in [0.1, 0.15) is 0 Å². The van der Waals surface area contributed by atoms with Crippen LogP contribution in [0, 0.1) is 0 Å². The van der Waals surface area contributed by atoms with E-state index in [1.54, 1.807) is 11.8 Å². The summed E-state index contributed by atoms with van der Waals surface area (Å²) >= 11 is 1.67. The number of rotatable bonds is 3. The zero-order valence-corrected chi connectivity index (χ0v) is 11.4. The SMILES string of the molecule is CSc1ccc(C(=O)NC2CCC(O)CC2)cc1. The predicted octanol–water partition coefficient (Wildman–Crippen LogP) is 2.44. The van der Waals surface area contributed by atoms with Gasteiger partial charge in [0.15, 0.2) is 0 Å². The second kappa shape index (κ2) is 6.25. The smallest absolute Gasteiger partial charge is 0.251 e. The van der Waals surface area contributed by atoms with Gasteiger partial charge in [0.05, 0.1) is 6.10 Å². The normalized spacial score (nSPS) is 23.7. The van der Waals surface area contributed by atoms with Crippen LogP contribution in [0.2, 0.25) is 0 Å². The van der Waals surface area contributed by atoms with E-state index in [0.717, 1.165) is 30.6 Å². The van der Waals surface area contributed by atoms with Crippen LogP contribution in [-0.2, 0) is 0 Å². The number of benzene rings is 1. The van der Waals surface area contributed by atoms with Crippen molar-refractivity contribution in [2.75, 3.05) is 6.26 Å². The maximum Gasteiger partial charge on any atom is 0.251 e. The molecule has 1 amide bonds. The lowest BCUT2D eigenvalue weighted by Crippen LogP contribution is -2.38. The molecule has 0 bridgehead atoms. The van der Waals surface area contributed by atoms with E-state index in [-0.39, 0.29) is 18.1 Å². The summed E-state index contributed by atoms with van der Waals surface area (Å²) in [5, 5.41) is 12.5. The number of aliphatic hydroxyl groups is 1. The molecule has 0 unspecified atom stereocenters. The number of carbonyl (C=O) groups excluding carboxylic acids is 1. The first kappa shape index (κ1) is 13.4. The fourth-order valence-electron chi connectivity index (χ4n) is 2.23. The number of aliphatic hydroxyl groups excluding tert-OH is 1. The highest BCUT2D eigenvalue weighted by molar-refractivity contribution is 7.98. The van der Waals surface area contributed by atoms with Crippen LogP contribution in [-0.4, -0.2) is 29.4 Å². The molecule has 1 aliphatic rings. The predicted molar refractivity (Wildman–Crippen MR) is 74.0 cm³/mol. The van der Waals surface area contributed by atoms with E-state index in [0.29, 0.717) is 5.56 Å². The number of hydrogen-bond donors (Lipinski definition) is 2. The molecule has 18 heavy (non-hydrogen) atoms. The molecule has 1 fully saturated rings. The van der Waals surface area contributed by atoms with Crippen molar-refractivity contribution in [3.05, 3.63) is 29.8 Å². The molecule has 98 valence electrons. The second-order valence-electron chi connectivity index (χ2n) is 4.71. The van der Waals surface area contributed by atoms with Gasteiger partial charge in [0.2, 0.25) is 0 Å². The lowest BCUT2D eigenvalue weighted by Gasteiger charge is -2.26. The van der Waals surface area contributed by atoms with Gasteiger partial charge in [-0.1, -0.05) is 0 Å². The summed E-state index contributed by atoms with van der Waals surface area (Å²) in [6.45, 7) is 0. The molecule has 1 saturated carbocycles. The molecule has 0 spiro atoms. The van der Waals surface area contributed by atoms with E-state index in [2.05, 4.69) is 5.32 Å². The number of amides is 1. The molecule has 3 nitrogen and oxygen atoms in total. The molecule has 0 atom stereocenters. The Kier molecular flexibility index (Phi) is 4.66. The molecule has 0 aromatic heterocycles. The Balaban J connectivity index is 1.90. The van der Waals surface area contributed by atoms with Crippen molar-refractivity contribution in [2.24, 2.45) is 0 Å². The molecule has 1 aromatic carbocycles. The average Bonchev–Trinajstić information content (AvgIpc) is 2.41. The lowest BCUT2D eigenvalue weighted by atomic mass is 9.93. The maximum absolute atomic E-state index is 12.0. The highest BCUT2D eigenvalue weighted by Crippen LogP contribution is 2.19. The monoisotopic (exact) mass is 265 g/mol. The van der Waals surface area contributed by atoms with Crippen molar-refractivity contribution in [3.63, 3.8) is 0 Å². The molecule has 0 saturated heterocycles.